The molecular weight excluding hydrogens is 323 g/mol. The van der Waals surface area contributed by atoms with E-state index in [-0.39, 0.29) is 22.6 Å². The second-order valence-corrected chi connectivity index (χ2v) is 5.04. The van der Waals surface area contributed by atoms with E-state index in [0.29, 0.717) is 5.82 Å². The number of methoxy groups -OCH3 is 1. The number of nitrogens with zero attached hydrogens (tertiary/aromatic N) is 6. The van der Waals surface area contributed by atoms with Crippen molar-refractivity contribution in [1.29, 1.82) is 0 Å². The summed E-state index contributed by atoms with van der Waals surface area (Å²) < 4.78 is 44.7. The van der Waals surface area contributed by atoms with Crippen molar-refractivity contribution in [3.8, 4) is 0 Å². The highest BCUT2D eigenvalue weighted by molar-refractivity contribution is 7.99. The van der Waals surface area contributed by atoms with Crippen LogP contribution in [-0.2, 0) is 17.5 Å². The maximum Gasteiger partial charge on any atom is 0.433 e. The molecule has 12 heteroatoms. The number of alkyl halides is 3. The Morgan fingerprint density at radius 1 is 1.36 bits per heavy atom. The predicted octanol–water partition coefficient (Wildman–Crippen LogP) is 1.56. The lowest BCUT2D eigenvalue weighted by Crippen LogP contribution is -2.10. The van der Waals surface area contributed by atoms with E-state index in [9.17, 15) is 13.2 Å². The Bertz CT molecular complexity index is 799. The van der Waals surface area contributed by atoms with E-state index in [1.165, 1.54) is 11.6 Å². The van der Waals surface area contributed by atoms with Gasteiger partial charge in [-0.1, -0.05) is 0 Å². The number of hydrogen-bond acceptors (Lipinski definition) is 7. The summed E-state index contributed by atoms with van der Waals surface area (Å²) >= 11 is 0.910. The number of ether oxygens (including phenoxy) is 1. The summed E-state index contributed by atoms with van der Waals surface area (Å²) in [5.74, 6) is 0.315. The molecule has 0 aliphatic rings. The van der Waals surface area contributed by atoms with E-state index in [4.69, 9.17) is 4.74 Å². The Morgan fingerprint density at radius 2 is 2.18 bits per heavy atom. The Hall–Kier alpha value is -2.21. The molecule has 0 radical (unpaired) electrons. The molecule has 0 bridgehead atoms. The fourth-order valence-electron chi connectivity index (χ4n) is 1.62. The summed E-state index contributed by atoms with van der Waals surface area (Å²) in [5, 5.41) is 10.8. The summed E-state index contributed by atoms with van der Waals surface area (Å²) in [6.45, 7) is 0.219. The van der Waals surface area contributed by atoms with Crippen molar-refractivity contribution >= 4 is 17.5 Å². The molecule has 0 aromatic carbocycles. The van der Waals surface area contributed by atoms with E-state index in [1.54, 1.807) is 0 Å². The number of aromatic amines is 1. The molecule has 1 N–H and O–H groups in total. The van der Waals surface area contributed by atoms with E-state index >= 15 is 0 Å². The number of halogens is 3. The highest BCUT2D eigenvalue weighted by Crippen LogP contribution is 2.32. The highest BCUT2D eigenvalue weighted by Gasteiger charge is 2.34. The summed E-state index contributed by atoms with van der Waals surface area (Å²) in [7, 11) is 1.49. The molecule has 0 amide bonds. The molecule has 22 heavy (non-hydrogen) atoms. The number of nitrogens with one attached hydrogen (secondary N) is 1. The second-order valence-electron chi connectivity index (χ2n) is 4.05. The topological polar surface area (TPSA) is 93.9 Å². The van der Waals surface area contributed by atoms with Crippen LogP contribution in [0.3, 0.4) is 0 Å². The minimum absolute atomic E-state index is 0.148. The molecule has 0 saturated carbocycles. The van der Waals surface area contributed by atoms with Gasteiger partial charge in [-0.3, -0.25) is 5.10 Å². The molecular formula is C10H8F3N7OS. The SMILES string of the molecule is COCc1nc(Sc2cc(C(F)(F)F)nc3ncnn23)n[nH]1. The lowest BCUT2D eigenvalue weighted by atomic mass is 10.4. The van der Waals surface area contributed by atoms with E-state index < -0.39 is 11.9 Å². The third-order valence-corrected chi connectivity index (χ3v) is 3.36. The van der Waals surface area contributed by atoms with Crippen LogP contribution in [0.4, 0.5) is 13.2 Å². The van der Waals surface area contributed by atoms with Crippen LogP contribution in [0.25, 0.3) is 5.78 Å². The van der Waals surface area contributed by atoms with Crippen molar-refractivity contribution in [3.05, 3.63) is 23.9 Å². The molecule has 3 aromatic rings. The van der Waals surface area contributed by atoms with Gasteiger partial charge in [-0.2, -0.15) is 27.8 Å². The number of rotatable bonds is 4. The Labute approximate surface area is 125 Å². The van der Waals surface area contributed by atoms with Crippen molar-refractivity contribution in [1.82, 2.24) is 34.8 Å². The largest absolute Gasteiger partial charge is 0.433 e. The summed E-state index contributed by atoms with van der Waals surface area (Å²) in [6.07, 6.45) is -3.45. The van der Waals surface area contributed by atoms with Gasteiger partial charge in [0.15, 0.2) is 11.5 Å². The zero-order valence-corrected chi connectivity index (χ0v) is 11.8. The van der Waals surface area contributed by atoms with Gasteiger partial charge >= 0.3 is 6.18 Å². The van der Waals surface area contributed by atoms with Crippen molar-refractivity contribution in [2.75, 3.05) is 7.11 Å². The fourth-order valence-corrected chi connectivity index (χ4v) is 2.44. The van der Waals surface area contributed by atoms with Crippen molar-refractivity contribution < 1.29 is 17.9 Å². The van der Waals surface area contributed by atoms with Gasteiger partial charge in [-0.15, -0.1) is 5.10 Å². The van der Waals surface area contributed by atoms with Crippen LogP contribution in [0.15, 0.2) is 22.6 Å². The summed E-state index contributed by atoms with van der Waals surface area (Å²) in [4.78, 5) is 11.2. The van der Waals surface area contributed by atoms with Crippen LogP contribution in [-0.4, -0.2) is 41.9 Å². The normalized spacial score (nSPS) is 12.2. The molecule has 3 heterocycles. The zero-order valence-electron chi connectivity index (χ0n) is 11.0. The Kier molecular flexibility index (Phi) is 3.70. The van der Waals surface area contributed by atoms with Gasteiger partial charge in [0.05, 0.1) is 0 Å². The minimum atomic E-state index is -4.58. The van der Waals surface area contributed by atoms with Crippen molar-refractivity contribution in [2.24, 2.45) is 0 Å². The van der Waals surface area contributed by atoms with Crippen LogP contribution in [0.1, 0.15) is 11.5 Å². The molecule has 0 fully saturated rings. The third-order valence-electron chi connectivity index (χ3n) is 2.50. The fraction of sp³-hybridized carbons (Fsp3) is 0.300. The average molecular weight is 331 g/mol. The lowest BCUT2D eigenvalue weighted by molar-refractivity contribution is -0.141. The van der Waals surface area contributed by atoms with Gasteiger partial charge in [-0.25, -0.2) is 9.97 Å². The average Bonchev–Trinajstić information content (AvgIpc) is 3.07. The molecule has 0 aliphatic carbocycles. The molecule has 116 valence electrons. The molecule has 3 aromatic heterocycles. The van der Waals surface area contributed by atoms with Gasteiger partial charge in [-0.05, 0) is 11.8 Å². The minimum Gasteiger partial charge on any atom is -0.377 e. The molecule has 0 aliphatic heterocycles. The zero-order chi connectivity index (χ0) is 15.7. The summed E-state index contributed by atoms with van der Waals surface area (Å²) in [6, 6.07) is 0.874. The smallest absolute Gasteiger partial charge is 0.377 e. The summed E-state index contributed by atoms with van der Waals surface area (Å²) in [5.41, 5.74) is -1.05. The maximum absolute atomic E-state index is 12.9. The molecule has 0 saturated heterocycles. The third kappa shape index (κ3) is 2.87. The van der Waals surface area contributed by atoms with Crippen LogP contribution in [0, 0.1) is 0 Å². The molecule has 0 unspecified atom stereocenters. The van der Waals surface area contributed by atoms with Gasteiger partial charge in [0.2, 0.25) is 5.16 Å². The highest BCUT2D eigenvalue weighted by atomic mass is 32.2. The lowest BCUT2D eigenvalue weighted by Gasteiger charge is -2.07. The van der Waals surface area contributed by atoms with Crippen LogP contribution < -0.4 is 0 Å². The van der Waals surface area contributed by atoms with E-state index in [1.807, 2.05) is 0 Å². The number of H-pyrrole nitrogens is 1. The van der Waals surface area contributed by atoms with Crippen molar-refractivity contribution in [3.63, 3.8) is 0 Å². The quantitative estimate of drug-likeness (QED) is 0.725. The number of aromatic nitrogens is 7. The standard InChI is InChI=1S/C10H8F3N7OS/c1-21-3-6-17-9(19-18-6)22-7-2-5(10(11,12)13)16-8-14-4-15-20(7)8/h2,4H,3H2,1H3,(H,17,18,19). The van der Waals surface area contributed by atoms with Crippen LogP contribution in [0.5, 0.6) is 0 Å². The first kappa shape index (κ1) is 14.7. The van der Waals surface area contributed by atoms with Gasteiger partial charge in [0.1, 0.15) is 18.0 Å². The van der Waals surface area contributed by atoms with E-state index in [0.717, 1.165) is 24.2 Å². The first-order valence-corrected chi connectivity index (χ1v) is 6.65. The first-order chi connectivity index (χ1) is 10.5. The number of fused-ring (bicyclic) bond motifs is 1. The molecule has 0 atom stereocenters. The first-order valence-electron chi connectivity index (χ1n) is 5.83. The second kappa shape index (κ2) is 5.53. The van der Waals surface area contributed by atoms with Gasteiger partial charge < -0.3 is 4.74 Å². The van der Waals surface area contributed by atoms with E-state index in [2.05, 4.69) is 30.2 Å². The van der Waals surface area contributed by atoms with Crippen molar-refractivity contribution in [2.45, 2.75) is 23.0 Å². The molecule has 3 rings (SSSR count). The van der Waals surface area contributed by atoms with Gasteiger partial charge in [0.25, 0.3) is 5.78 Å². The van der Waals surface area contributed by atoms with Crippen LogP contribution >= 0.6 is 11.8 Å². The van der Waals surface area contributed by atoms with Crippen LogP contribution in [0.2, 0.25) is 0 Å². The Morgan fingerprint density at radius 3 is 2.91 bits per heavy atom. The maximum atomic E-state index is 12.9. The Balaban J connectivity index is 1.99. The number of hydrogen-bond donors (Lipinski definition) is 1. The van der Waals surface area contributed by atoms with Gasteiger partial charge in [0, 0.05) is 13.2 Å². The molecule has 0 spiro atoms. The predicted molar refractivity (Wildman–Crippen MR) is 67.0 cm³/mol. The monoisotopic (exact) mass is 331 g/mol. The molecule has 8 nitrogen and oxygen atoms in total.